The van der Waals surface area contributed by atoms with E-state index in [0.29, 0.717) is 19.4 Å². The fraction of sp³-hybridized carbons (Fsp3) is 0.609. The third-order valence-corrected chi connectivity index (χ3v) is 5.94. The Morgan fingerprint density at radius 2 is 2.03 bits per heavy atom. The number of hydroxylamine groups is 1. The molecule has 0 radical (unpaired) electrons. The van der Waals surface area contributed by atoms with Gasteiger partial charge in [0.1, 0.15) is 6.04 Å². The number of likely N-dealkylation sites (tertiary alicyclic amines) is 1. The molecule has 2 aliphatic heterocycles. The van der Waals surface area contributed by atoms with E-state index in [1.165, 1.54) is 17.0 Å². The van der Waals surface area contributed by atoms with Crippen molar-refractivity contribution in [2.75, 3.05) is 6.61 Å². The van der Waals surface area contributed by atoms with Crippen LogP contribution < -0.4 is 10.8 Å². The quantitative estimate of drug-likeness (QED) is 0.544. The van der Waals surface area contributed by atoms with Gasteiger partial charge in [0.25, 0.3) is 5.91 Å². The number of rotatable bonds is 9. The van der Waals surface area contributed by atoms with E-state index < -0.39 is 41.8 Å². The number of benzene rings is 1. The van der Waals surface area contributed by atoms with Gasteiger partial charge in [-0.1, -0.05) is 26.0 Å². The zero-order valence-corrected chi connectivity index (χ0v) is 18.9. The molecule has 3 rings (SSSR count). The summed E-state index contributed by atoms with van der Waals surface area (Å²) < 4.78 is 33.0. The molecule has 182 valence electrons. The summed E-state index contributed by atoms with van der Waals surface area (Å²) in [5, 5.41) is 2.71. The average molecular weight is 468 g/mol. The summed E-state index contributed by atoms with van der Waals surface area (Å²) in [5.74, 6) is -3.34. The summed E-state index contributed by atoms with van der Waals surface area (Å²) in [6.07, 6.45) is 2.66. The molecule has 1 aromatic carbocycles. The van der Waals surface area contributed by atoms with E-state index in [4.69, 9.17) is 9.57 Å². The van der Waals surface area contributed by atoms with Crippen molar-refractivity contribution in [3.63, 3.8) is 0 Å². The van der Waals surface area contributed by atoms with Crippen molar-refractivity contribution >= 4 is 17.7 Å². The minimum absolute atomic E-state index is 0.0498. The highest BCUT2D eigenvalue weighted by Gasteiger charge is 2.34. The Bertz CT molecular complexity index is 860. The minimum Gasteiger partial charge on any atom is -0.350 e. The Balaban J connectivity index is 1.56. The van der Waals surface area contributed by atoms with Crippen LogP contribution in [-0.2, 0) is 30.5 Å². The van der Waals surface area contributed by atoms with Gasteiger partial charge < -0.3 is 15.0 Å². The Morgan fingerprint density at radius 3 is 2.73 bits per heavy atom. The second kappa shape index (κ2) is 11.5. The lowest BCUT2D eigenvalue weighted by Gasteiger charge is -2.27. The fourth-order valence-electron chi connectivity index (χ4n) is 4.05. The van der Waals surface area contributed by atoms with Crippen molar-refractivity contribution < 1.29 is 32.7 Å². The Labute approximate surface area is 191 Å². The molecule has 10 heteroatoms. The van der Waals surface area contributed by atoms with Crippen LogP contribution in [-0.4, -0.2) is 47.6 Å². The molecular weight excluding hydrogens is 436 g/mol. The molecule has 0 spiro atoms. The molecule has 0 bridgehead atoms. The molecule has 0 aliphatic carbocycles. The van der Waals surface area contributed by atoms with E-state index >= 15 is 0 Å². The third kappa shape index (κ3) is 6.70. The van der Waals surface area contributed by atoms with Gasteiger partial charge in [-0.2, -0.15) is 0 Å². The number of nitrogens with one attached hydrogen (secondary N) is 2. The van der Waals surface area contributed by atoms with E-state index in [2.05, 4.69) is 10.8 Å². The highest BCUT2D eigenvalue weighted by molar-refractivity contribution is 5.88. The maximum atomic E-state index is 14.1. The van der Waals surface area contributed by atoms with Gasteiger partial charge in [-0.05, 0) is 31.2 Å². The first kappa shape index (κ1) is 25.0. The number of halogens is 2. The molecular formula is C23H31F2N3O5. The maximum Gasteiger partial charge on any atom is 0.266 e. The predicted molar refractivity (Wildman–Crippen MR) is 114 cm³/mol. The zero-order chi connectivity index (χ0) is 24.0. The fourth-order valence-corrected chi connectivity index (χ4v) is 4.05. The topological polar surface area (TPSA) is 97.0 Å². The molecule has 1 unspecified atom stereocenters. The highest BCUT2D eigenvalue weighted by Crippen LogP contribution is 2.25. The summed E-state index contributed by atoms with van der Waals surface area (Å²) in [4.78, 5) is 44.3. The first-order valence-electron chi connectivity index (χ1n) is 11.3. The van der Waals surface area contributed by atoms with Crippen LogP contribution in [0.25, 0.3) is 0 Å². The lowest BCUT2D eigenvalue weighted by Crippen LogP contribution is -2.51. The van der Waals surface area contributed by atoms with Crippen LogP contribution in [0.3, 0.4) is 0 Å². The smallest absolute Gasteiger partial charge is 0.266 e. The average Bonchev–Trinajstić information content (AvgIpc) is 3.13. The molecule has 1 aromatic rings. The van der Waals surface area contributed by atoms with Gasteiger partial charge in [-0.15, -0.1) is 0 Å². The number of nitrogens with zero attached hydrogens (tertiary/aromatic N) is 1. The Morgan fingerprint density at radius 1 is 1.24 bits per heavy atom. The Kier molecular flexibility index (Phi) is 8.74. The van der Waals surface area contributed by atoms with Gasteiger partial charge in [-0.25, -0.2) is 19.1 Å². The number of carbonyl (C=O) groups is 3. The summed E-state index contributed by atoms with van der Waals surface area (Å²) in [5.41, 5.74) is 2.43. The molecule has 0 aromatic heterocycles. The number of hydrogen-bond acceptors (Lipinski definition) is 5. The number of amides is 3. The van der Waals surface area contributed by atoms with Gasteiger partial charge in [0.2, 0.25) is 11.8 Å². The molecule has 2 aliphatic rings. The number of ether oxygens (including phenoxy) is 1. The van der Waals surface area contributed by atoms with E-state index in [0.717, 1.165) is 18.9 Å². The number of hydrogen-bond donors (Lipinski definition) is 2. The van der Waals surface area contributed by atoms with Crippen LogP contribution in [0.5, 0.6) is 0 Å². The second-order valence-corrected chi connectivity index (χ2v) is 8.80. The third-order valence-electron chi connectivity index (χ3n) is 5.94. The molecule has 33 heavy (non-hydrogen) atoms. The molecule has 8 nitrogen and oxygen atoms in total. The van der Waals surface area contributed by atoms with Crippen molar-refractivity contribution in [1.29, 1.82) is 0 Å². The maximum absolute atomic E-state index is 14.1. The highest BCUT2D eigenvalue weighted by atomic mass is 19.2. The van der Waals surface area contributed by atoms with E-state index in [1.54, 1.807) is 13.8 Å². The summed E-state index contributed by atoms with van der Waals surface area (Å²) in [6.45, 7) is 4.03. The molecule has 2 N–H and O–H groups in total. The first-order chi connectivity index (χ1) is 15.8. The van der Waals surface area contributed by atoms with Crippen LogP contribution in [0.4, 0.5) is 8.78 Å². The monoisotopic (exact) mass is 467 g/mol. The van der Waals surface area contributed by atoms with Gasteiger partial charge in [0.05, 0.1) is 0 Å². The molecule has 2 fully saturated rings. The Hall–Kier alpha value is -2.59. The standard InChI is InChI=1S/C23H31F2N3O5/c1-14(2)22(23(31)27-33-20-8-3-4-11-32-20)26-18(29)12-16-9-10-19(30)28(16)13-15-6-5-7-17(24)21(15)25/h5-7,14,16,20,22H,3-4,8-13H2,1-2H3,(H,26,29)(H,27,31)/t16-,20?,22-/m0/s1. The summed E-state index contributed by atoms with van der Waals surface area (Å²) >= 11 is 0. The van der Waals surface area contributed by atoms with E-state index in [-0.39, 0.29) is 36.8 Å². The summed E-state index contributed by atoms with van der Waals surface area (Å²) in [6, 6.07) is 2.49. The predicted octanol–water partition coefficient (Wildman–Crippen LogP) is 2.56. The lowest BCUT2D eigenvalue weighted by atomic mass is 10.0. The molecule has 2 saturated heterocycles. The van der Waals surface area contributed by atoms with E-state index in [9.17, 15) is 23.2 Å². The van der Waals surface area contributed by atoms with Crippen molar-refractivity contribution in [2.24, 2.45) is 5.92 Å². The van der Waals surface area contributed by atoms with Gasteiger partial charge >= 0.3 is 0 Å². The largest absolute Gasteiger partial charge is 0.350 e. The second-order valence-electron chi connectivity index (χ2n) is 8.80. The van der Waals surface area contributed by atoms with Crippen molar-refractivity contribution in [3.05, 3.63) is 35.4 Å². The van der Waals surface area contributed by atoms with Crippen LogP contribution in [0.2, 0.25) is 0 Å². The molecule has 2 heterocycles. The van der Waals surface area contributed by atoms with Crippen LogP contribution in [0.1, 0.15) is 57.9 Å². The normalized spacial score (nSPS) is 21.8. The summed E-state index contributed by atoms with van der Waals surface area (Å²) in [7, 11) is 0. The van der Waals surface area contributed by atoms with Crippen LogP contribution in [0, 0.1) is 17.6 Å². The molecule has 3 amide bonds. The van der Waals surface area contributed by atoms with Gasteiger partial charge in [-0.3, -0.25) is 14.4 Å². The first-order valence-corrected chi connectivity index (χ1v) is 11.3. The SMILES string of the molecule is CC(C)[C@H](NC(=O)C[C@@H]1CCC(=O)N1Cc1cccc(F)c1F)C(=O)NOC1CCCCO1. The van der Waals surface area contributed by atoms with Gasteiger partial charge in [0.15, 0.2) is 17.9 Å². The lowest BCUT2D eigenvalue weighted by molar-refractivity contribution is -0.201. The van der Waals surface area contributed by atoms with Crippen molar-refractivity contribution in [3.8, 4) is 0 Å². The molecule has 0 saturated carbocycles. The van der Waals surface area contributed by atoms with Crippen LogP contribution >= 0.6 is 0 Å². The van der Waals surface area contributed by atoms with Crippen molar-refractivity contribution in [2.45, 2.75) is 77.3 Å². The van der Waals surface area contributed by atoms with Crippen molar-refractivity contribution in [1.82, 2.24) is 15.7 Å². The van der Waals surface area contributed by atoms with Crippen LogP contribution in [0.15, 0.2) is 18.2 Å². The minimum atomic E-state index is -1.00. The van der Waals surface area contributed by atoms with Gasteiger partial charge in [0, 0.05) is 44.0 Å². The molecule has 3 atom stereocenters. The zero-order valence-electron chi connectivity index (χ0n) is 18.9. The van der Waals surface area contributed by atoms with E-state index in [1.807, 2.05) is 0 Å². The number of carbonyl (C=O) groups excluding carboxylic acids is 3.